The SMILES string of the molecule is CCCC/C(NC)=C(/CC)C(CC)CCCC. The molecule has 1 unspecified atom stereocenters. The van der Waals surface area contributed by atoms with Gasteiger partial charge in [0.05, 0.1) is 0 Å². The lowest BCUT2D eigenvalue weighted by atomic mass is 9.87. The third-order valence-electron chi connectivity index (χ3n) is 3.74. The molecule has 102 valence electrons. The number of allylic oxidation sites excluding steroid dienone is 2. The Morgan fingerprint density at radius 2 is 1.65 bits per heavy atom. The van der Waals surface area contributed by atoms with Crippen molar-refractivity contribution < 1.29 is 0 Å². The Hall–Kier alpha value is -0.460. The van der Waals surface area contributed by atoms with Gasteiger partial charge in [-0.1, -0.05) is 47.0 Å². The monoisotopic (exact) mass is 239 g/mol. The van der Waals surface area contributed by atoms with Crippen LogP contribution in [0, 0.1) is 5.92 Å². The standard InChI is InChI=1S/C16H33N/c1-6-10-12-14(8-3)15(9-4)16(17-5)13-11-7-2/h14,17H,6-13H2,1-5H3/b16-15+. The molecular formula is C16H33N. The van der Waals surface area contributed by atoms with E-state index in [0.717, 1.165) is 5.92 Å². The number of unbranched alkanes of at least 4 members (excludes halogenated alkanes) is 2. The smallest absolute Gasteiger partial charge is 0.00986 e. The van der Waals surface area contributed by atoms with Gasteiger partial charge in [-0.25, -0.2) is 0 Å². The summed E-state index contributed by atoms with van der Waals surface area (Å²) in [5, 5.41) is 3.46. The first kappa shape index (κ1) is 16.5. The second-order valence-electron chi connectivity index (χ2n) is 4.96. The van der Waals surface area contributed by atoms with Gasteiger partial charge in [-0.15, -0.1) is 0 Å². The Bertz CT molecular complexity index is 206. The van der Waals surface area contributed by atoms with Gasteiger partial charge < -0.3 is 5.32 Å². The summed E-state index contributed by atoms with van der Waals surface area (Å²) in [6, 6.07) is 0. The van der Waals surface area contributed by atoms with Gasteiger partial charge in [0.25, 0.3) is 0 Å². The van der Waals surface area contributed by atoms with Crippen molar-refractivity contribution in [2.24, 2.45) is 5.92 Å². The summed E-state index contributed by atoms with van der Waals surface area (Å²) in [6.07, 6.45) is 10.4. The van der Waals surface area contributed by atoms with Crippen LogP contribution in [0.5, 0.6) is 0 Å². The van der Waals surface area contributed by atoms with Crippen molar-refractivity contribution in [2.45, 2.75) is 79.1 Å². The molecule has 0 rings (SSSR count). The summed E-state index contributed by atoms with van der Waals surface area (Å²) in [7, 11) is 2.09. The molecule has 0 aliphatic carbocycles. The molecule has 1 N–H and O–H groups in total. The van der Waals surface area contributed by atoms with Crippen molar-refractivity contribution in [3.63, 3.8) is 0 Å². The average Bonchev–Trinajstić information content (AvgIpc) is 2.37. The summed E-state index contributed by atoms with van der Waals surface area (Å²) in [5.74, 6) is 0.805. The fraction of sp³-hybridized carbons (Fsp3) is 0.875. The molecule has 0 spiro atoms. The van der Waals surface area contributed by atoms with Gasteiger partial charge in [0.15, 0.2) is 0 Å². The number of hydrogen-bond acceptors (Lipinski definition) is 1. The van der Waals surface area contributed by atoms with Crippen LogP contribution in [-0.4, -0.2) is 7.05 Å². The van der Waals surface area contributed by atoms with Crippen molar-refractivity contribution >= 4 is 0 Å². The minimum Gasteiger partial charge on any atom is -0.391 e. The first-order valence-corrected chi connectivity index (χ1v) is 7.64. The lowest BCUT2D eigenvalue weighted by Gasteiger charge is -2.22. The largest absolute Gasteiger partial charge is 0.391 e. The molecule has 1 atom stereocenters. The molecule has 0 aromatic carbocycles. The first-order chi connectivity index (χ1) is 8.24. The molecule has 0 radical (unpaired) electrons. The lowest BCUT2D eigenvalue weighted by molar-refractivity contribution is 0.492. The molecule has 0 saturated carbocycles. The van der Waals surface area contributed by atoms with Gasteiger partial charge in [-0.3, -0.25) is 0 Å². The van der Waals surface area contributed by atoms with E-state index in [1.807, 2.05) is 0 Å². The van der Waals surface area contributed by atoms with E-state index in [2.05, 4.69) is 40.1 Å². The molecule has 0 heterocycles. The van der Waals surface area contributed by atoms with E-state index in [9.17, 15) is 0 Å². The molecule has 0 fully saturated rings. The van der Waals surface area contributed by atoms with Gasteiger partial charge in [-0.05, 0) is 43.6 Å². The molecule has 17 heavy (non-hydrogen) atoms. The Morgan fingerprint density at radius 1 is 1.00 bits per heavy atom. The van der Waals surface area contributed by atoms with Crippen LogP contribution in [0.25, 0.3) is 0 Å². The van der Waals surface area contributed by atoms with Crippen LogP contribution in [0.1, 0.15) is 79.1 Å². The molecular weight excluding hydrogens is 206 g/mol. The summed E-state index contributed by atoms with van der Waals surface area (Å²) in [5.41, 5.74) is 3.22. The minimum atomic E-state index is 0.805. The van der Waals surface area contributed by atoms with Crippen LogP contribution in [0.3, 0.4) is 0 Å². The second-order valence-corrected chi connectivity index (χ2v) is 4.96. The number of rotatable bonds is 10. The van der Waals surface area contributed by atoms with Crippen LogP contribution in [-0.2, 0) is 0 Å². The zero-order chi connectivity index (χ0) is 13.1. The zero-order valence-electron chi connectivity index (χ0n) is 12.7. The molecule has 0 aliphatic heterocycles. The van der Waals surface area contributed by atoms with Crippen LogP contribution >= 0.6 is 0 Å². The average molecular weight is 239 g/mol. The van der Waals surface area contributed by atoms with Gasteiger partial charge in [0.1, 0.15) is 0 Å². The summed E-state index contributed by atoms with van der Waals surface area (Å²) in [6.45, 7) is 9.21. The zero-order valence-corrected chi connectivity index (χ0v) is 12.7. The van der Waals surface area contributed by atoms with Crippen LogP contribution in [0.2, 0.25) is 0 Å². The highest BCUT2D eigenvalue weighted by Crippen LogP contribution is 2.28. The van der Waals surface area contributed by atoms with E-state index in [0.29, 0.717) is 0 Å². The van der Waals surface area contributed by atoms with Gasteiger partial charge in [0, 0.05) is 12.7 Å². The maximum atomic E-state index is 3.46. The molecule has 0 aromatic heterocycles. The van der Waals surface area contributed by atoms with E-state index < -0.39 is 0 Å². The topological polar surface area (TPSA) is 12.0 Å². The fourth-order valence-electron chi connectivity index (χ4n) is 2.62. The Morgan fingerprint density at radius 3 is 2.06 bits per heavy atom. The summed E-state index contributed by atoms with van der Waals surface area (Å²) < 4.78 is 0. The molecule has 1 heteroatoms. The van der Waals surface area contributed by atoms with Crippen molar-refractivity contribution in [1.29, 1.82) is 0 Å². The van der Waals surface area contributed by atoms with Gasteiger partial charge in [0.2, 0.25) is 0 Å². The highest BCUT2D eigenvalue weighted by molar-refractivity contribution is 5.15. The van der Waals surface area contributed by atoms with Gasteiger partial charge in [-0.2, -0.15) is 0 Å². The predicted molar refractivity (Wildman–Crippen MR) is 79.2 cm³/mol. The minimum absolute atomic E-state index is 0.805. The molecule has 0 aromatic rings. The predicted octanol–water partition coefficient (Wildman–Crippen LogP) is 5.28. The van der Waals surface area contributed by atoms with Crippen molar-refractivity contribution in [1.82, 2.24) is 5.32 Å². The fourth-order valence-corrected chi connectivity index (χ4v) is 2.62. The Labute approximate surface area is 109 Å². The summed E-state index contributed by atoms with van der Waals surface area (Å²) in [4.78, 5) is 0. The highest BCUT2D eigenvalue weighted by atomic mass is 14.8. The van der Waals surface area contributed by atoms with E-state index in [1.165, 1.54) is 57.1 Å². The second kappa shape index (κ2) is 10.7. The molecule has 0 aliphatic rings. The Balaban J connectivity index is 4.72. The van der Waals surface area contributed by atoms with Gasteiger partial charge >= 0.3 is 0 Å². The van der Waals surface area contributed by atoms with E-state index in [4.69, 9.17) is 0 Å². The van der Waals surface area contributed by atoms with Crippen LogP contribution < -0.4 is 5.32 Å². The maximum Gasteiger partial charge on any atom is 0.00986 e. The lowest BCUT2D eigenvalue weighted by Crippen LogP contribution is -2.15. The Kier molecular flexibility index (Phi) is 10.4. The van der Waals surface area contributed by atoms with E-state index >= 15 is 0 Å². The first-order valence-electron chi connectivity index (χ1n) is 7.64. The highest BCUT2D eigenvalue weighted by Gasteiger charge is 2.14. The number of hydrogen-bond donors (Lipinski definition) is 1. The number of nitrogens with one attached hydrogen (secondary N) is 1. The van der Waals surface area contributed by atoms with Crippen molar-refractivity contribution in [3.05, 3.63) is 11.3 Å². The normalized spacial score (nSPS) is 14.4. The molecule has 0 bridgehead atoms. The summed E-state index contributed by atoms with van der Waals surface area (Å²) >= 11 is 0. The molecule has 1 nitrogen and oxygen atoms in total. The molecule has 0 amide bonds. The van der Waals surface area contributed by atoms with Crippen molar-refractivity contribution in [3.8, 4) is 0 Å². The molecule has 0 saturated heterocycles. The van der Waals surface area contributed by atoms with Crippen molar-refractivity contribution in [2.75, 3.05) is 7.05 Å². The van der Waals surface area contributed by atoms with Crippen LogP contribution in [0.4, 0.5) is 0 Å². The maximum absolute atomic E-state index is 3.46. The van der Waals surface area contributed by atoms with Crippen LogP contribution in [0.15, 0.2) is 11.3 Å². The third kappa shape index (κ3) is 6.14. The van der Waals surface area contributed by atoms with E-state index in [1.54, 1.807) is 5.57 Å². The quantitative estimate of drug-likeness (QED) is 0.547. The third-order valence-corrected chi connectivity index (χ3v) is 3.74. The van der Waals surface area contributed by atoms with E-state index in [-0.39, 0.29) is 0 Å².